The number of benzene rings is 2. The predicted molar refractivity (Wildman–Crippen MR) is 121 cm³/mol. The molecule has 0 atom stereocenters. The number of amides is 1. The quantitative estimate of drug-likeness (QED) is 0.444. The molecule has 0 aliphatic carbocycles. The Morgan fingerprint density at radius 1 is 0.935 bits per heavy atom. The van der Waals surface area contributed by atoms with Gasteiger partial charge in [0.1, 0.15) is 0 Å². The van der Waals surface area contributed by atoms with Gasteiger partial charge in [0.15, 0.2) is 16.6 Å². The first-order valence-corrected chi connectivity index (χ1v) is 10.2. The van der Waals surface area contributed by atoms with Crippen LogP contribution in [0.15, 0.2) is 36.4 Å². The van der Waals surface area contributed by atoms with E-state index in [1.807, 2.05) is 20.8 Å². The molecule has 0 spiro atoms. The largest absolute Gasteiger partial charge is 0.490 e. The van der Waals surface area contributed by atoms with E-state index in [-0.39, 0.29) is 10.7 Å². The lowest BCUT2D eigenvalue weighted by Crippen LogP contribution is -2.34. The zero-order chi connectivity index (χ0) is 22.8. The summed E-state index contributed by atoms with van der Waals surface area (Å²) in [5.74, 6) is 0.241. The van der Waals surface area contributed by atoms with Crippen LogP contribution in [0.2, 0.25) is 0 Å². The first-order valence-electron chi connectivity index (χ1n) is 9.81. The number of anilines is 1. The normalized spacial score (nSPS) is 10.1. The number of methoxy groups -OCH3 is 1. The van der Waals surface area contributed by atoms with Gasteiger partial charge in [-0.25, -0.2) is 4.79 Å². The highest BCUT2D eigenvalue weighted by Crippen LogP contribution is 2.39. The fraction of sp³-hybridized carbons (Fsp3) is 0.318. The van der Waals surface area contributed by atoms with Crippen molar-refractivity contribution in [3.8, 4) is 17.2 Å². The Hall–Kier alpha value is -3.33. The molecule has 2 N–H and O–H groups in total. The molecular weight excluding hydrogens is 420 g/mol. The van der Waals surface area contributed by atoms with Crippen molar-refractivity contribution >= 4 is 34.9 Å². The van der Waals surface area contributed by atoms with E-state index < -0.39 is 11.9 Å². The fourth-order valence-electron chi connectivity index (χ4n) is 2.73. The summed E-state index contributed by atoms with van der Waals surface area (Å²) in [5, 5.41) is 5.47. The Morgan fingerprint density at radius 3 is 2.06 bits per heavy atom. The number of rotatable bonds is 9. The Kier molecular flexibility index (Phi) is 9.08. The van der Waals surface area contributed by atoms with Gasteiger partial charge < -0.3 is 24.3 Å². The Morgan fingerprint density at radius 2 is 1.52 bits per heavy atom. The summed E-state index contributed by atoms with van der Waals surface area (Å²) in [7, 11) is 1.29. The van der Waals surface area contributed by atoms with Gasteiger partial charge in [0.25, 0.3) is 5.91 Å². The van der Waals surface area contributed by atoms with Crippen molar-refractivity contribution in [3.63, 3.8) is 0 Å². The summed E-state index contributed by atoms with van der Waals surface area (Å²) in [6.07, 6.45) is 0. The van der Waals surface area contributed by atoms with Crippen molar-refractivity contribution in [1.82, 2.24) is 5.32 Å². The Bertz CT molecular complexity index is 920. The summed E-state index contributed by atoms with van der Waals surface area (Å²) in [6, 6.07) is 9.81. The van der Waals surface area contributed by atoms with Crippen LogP contribution in [0.3, 0.4) is 0 Å². The van der Waals surface area contributed by atoms with Crippen molar-refractivity contribution in [1.29, 1.82) is 0 Å². The van der Waals surface area contributed by atoms with Gasteiger partial charge in [-0.15, -0.1) is 0 Å². The number of thiocarbonyl (C=S) groups is 1. The second-order valence-electron chi connectivity index (χ2n) is 6.05. The first kappa shape index (κ1) is 23.9. The number of carbonyl (C=O) groups excluding carboxylic acids is 2. The highest BCUT2D eigenvalue weighted by Gasteiger charge is 2.19. The molecule has 0 saturated heterocycles. The molecule has 2 aromatic carbocycles. The molecule has 8 nitrogen and oxygen atoms in total. The van der Waals surface area contributed by atoms with Crippen molar-refractivity contribution < 1.29 is 28.5 Å². The van der Waals surface area contributed by atoms with E-state index in [4.69, 9.17) is 31.2 Å². The molecule has 0 aliphatic heterocycles. The lowest BCUT2D eigenvalue weighted by molar-refractivity contribution is 0.0602. The third kappa shape index (κ3) is 6.32. The number of hydrogen-bond donors (Lipinski definition) is 2. The van der Waals surface area contributed by atoms with Gasteiger partial charge in [0.05, 0.1) is 38.2 Å². The van der Waals surface area contributed by atoms with E-state index in [2.05, 4.69) is 10.6 Å². The van der Waals surface area contributed by atoms with E-state index >= 15 is 0 Å². The summed E-state index contributed by atoms with van der Waals surface area (Å²) in [6.45, 7) is 6.71. The Labute approximate surface area is 186 Å². The number of esters is 1. The van der Waals surface area contributed by atoms with E-state index in [9.17, 15) is 9.59 Å². The number of para-hydroxylation sites is 1. The van der Waals surface area contributed by atoms with Crippen LogP contribution in [-0.4, -0.2) is 43.9 Å². The maximum atomic E-state index is 12.8. The van der Waals surface area contributed by atoms with Gasteiger partial charge in [0, 0.05) is 5.56 Å². The minimum absolute atomic E-state index is 0.0196. The number of ether oxygens (including phenoxy) is 4. The third-order valence-corrected chi connectivity index (χ3v) is 4.18. The third-order valence-electron chi connectivity index (χ3n) is 3.98. The predicted octanol–water partition coefficient (Wildman–Crippen LogP) is 3.80. The van der Waals surface area contributed by atoms with Crippen LogP contribution in [0.5, 0.6) is 17.2 Å². The molecule has 0 fully saturated rings. The zero-order valence-corrected chi connectivity index (χ0v) is 18.8. The average molecular weight is 447 g/mol. The molecule has 0 unspecified atom stereocenters. The van der Waals surface area contributed by atoms with Crippen LogP contribution in [0.25, 0.3) is 0 Å². The van der Waals surface area contributed by atoms with Crippen LogP contribution >= 0.6 is 12.2 Å². The summed E-state index contributed by atoms with van der Waals surface area (Å²) in [4.78, 5) is 24.7. The van der Waals surface area contributed by atoms with Gasteiger partial charge in [-0.05, 0) is 57.3 Å². The molecule has 0 heterocycles. The second-order valence-corrected chi connectivity index (χ2v) is 6.45. The molecule has 0 aromatic heterocycles. The lowest BCUT2D eigenvalue weighted by Gasteiger charge is -2.17. The minimum atomic E-state index is -0.522. The van der Waals surface area contributed by atoms with Gasteiger partial charge in [-0.2, -0.15) is 0 Å². The molecule has 0 bridgehead atoms. The van der Waals surface area contributed by atoms with E-state index in [0.717, 1.165) is 0 Å². The van der Waals surface area contributed by atoms with Gasteiger partial charge in [0.2, 0.25) is 5.75 Å². The molecule has 0 radical (unpaired) electrons. The monoisotopic (exact) mass is 446 g/mol. The summed E-state index contributed by atoms with van der Waals surface area (Å²) < 4.78 is 21.7. The highest BCUT2D eigenvalue weighted by atomic mass is 32.1. The van der Waals surface area contributed by atoms with Crippen LogP contribution < -0.4 is 24.8 Å². The topological polar surface area (TPSA) is 95.1 Å². The number of nitrogens with one attached hydrogen (secondary N) is 2. The van der Waals surface area contributed by atoms with Crippen molar-refractivity contribution in [2.24, 2.45) is 0 Å². The highest BCUT2D eigenvalue weighted by molar-refractivity contribution is 7.80. The van der Waals surface area contributed by atoms with Crippen molar-refractivity contribution in [2.75, 3.05) is 32.2 Å². The van der Waals surface area contributed by atoms with Gasteiger partial charge >= 0.3 is 5.97 Å². The minimum Gasteiger partial charge on any atom is -0.490 e. The number of hydrogen-bond acceptors (Lipinski definition) is 7. The Balaban J connectivity index is 2.25. The lowest BCUT2D eigenvalue weighted by atomic mass is 10.1. The molecule has 2 rings (SSSR count). The SMILES string of the molecule is CCOc1cc(C(=O)NC(=S)Nc2ccccc2C(=O)OC)cc(OCC)c1OCC. The smallest absolute Gasteiger partial charge is 0.339 e. The van der Waals surface area contributed by atoms with Crippen LogP contribution in [-0.2, 0) is 4.74 Å². The van der Waals surface area contributed by atoms with Crippen molar-refractivity contribution in [2.45, 2.75) is 20.8 Å². The fourth-order valence-corrected chi connectivity index (χ4v) is 2.93. The maximum Gasteiger partial charge on any atom is 0.339 e. The van der Waals surface area contributed by atoms with Crippen LogP contribution in [0, 0.1) is 0 Å². The van der Waals surface area contributed by atoms with Crippen LogP contribution in [0.1, 0.15) is 41.5 Å². The van der Waals surface area contributed by atoms with E-state index in [0.29, 0.717) is 48.3 Å². The van der Waals surface area contributed by atoms with Gasteiger partial charge in [-0.3, -0.25) is 10.1 Å². The second kappa shape index (κ2) is 11.8. The molecule has 166 valence electrons. The zero-order valence-electron chi connectivity index (χ0n) is 17.9. The van der Waals surface area contributed by atoms with E-state index in [1.54, 1.807) is 36.4 Å². The molecule has 2 aromatic rings. The molecule has 9 heteroatoms. The standard InChI is InChI=1S/C22H26N2O6S/c1-5-28-17-12-14(13-18(29-6-2)19(17)30-7-3)20(25)24-22(31)23-16-11-9-8-10-15(16)21(26)27-4/h8-13H,5-7H2,1-4H3,(H2,23,24,25,31). The maximum absolute atomic E-state index is 12.8. The molecular formula is C22H26N2O6S. The molecule has 0 aliphatic rings. The molecule has 1 amide bonds. The number of carbonyl (C=O) groups is 2. The molecule has 0 saturated carbocycles. The summed E-state index contributed by atoms with van der Waals surface area (Å²) in [5.41, 5.74) is 0.983. The first-order chi connectivity index (χ1) is 14.9. The van der Waals surface area contributed by atoms with Crippen molar-refractivity contribution in [3.05, 3.63) is 47.5 Å². The average Bonchev–Trinajstić information content (AvgIpc) is 2.75. The summed E-state index contributed by atoms with van der Waals surface area (Å²) >= 11 is 5.25. The van der Waals surface area contributed by atoms with Crippen LogP contribution in [0.4, 0.5) is 5.69 Å². The van der Waals surface area contributed by atoms with E-state index in [1.165, 1.54) is 7.11 Å². The molecule has 31 heavy (non-hydrogen) atoms. The van der Waals surface area contributed by atoms with Gasteiger partial charge in [-0.1, -0.05) is 12.1 Å².